The van der Waals surface area contributed by atoms with Gasteiger partial charge < -0.3 is 4.90 Å². The number of nitrogens with zero attached hydrogens (tertiary/aromatic N) is 6. The lowest BCUT2D eigenvalue weighted by atomic mass is 10.0. The van der Waals surface area contributed by atoms with E-state index in [-0.39, 0.29) is 6.03 Å². The van der Waals surface area contributed by atoms with Crippen molar-refractivity contribution in [2.45, 2.75) is 6.42 Å². The van der Waals surface area contributed by atoms with Gasteiger partial charge in [0.15, 0.2) is 5.82 Å². The molecule has 2 aromatic heterocycles. The quantitative estimate of drug-likeness (QED) is 0.738. The molecule has 1 aromatic carbocycles. The number of hydrogen-bond donors (Lipinski definition) is 0. The molecule has 0 saturated carbocycles. The summed E-state index contributed by atoms with van der Waals surface area (Å²) in [6.45, 7) is 0. The number of amides is 1. The molecule has 0 N–H and O–H groups in total. The number of carbonyl (C=O) groups is 1. The van der Waals surface area contributed by atoms with Crippen LogP contribution in [0, 0.1) is 0 Å². The predicted octanol–water partition coefficient (Wildman–Crippen LogP) is 1.86. The molecule has 0 bridgehead atoms. The monoisotopic (exact) mass is 308 g/mol. The maximum Gasteiger partial charge on any atom is 0.362 e. The van der Waals surface area contributed by atoms with Crippen LogP contribution in [-0.4, -0.2) is 50.2 Å². The van der Waals surface area contributed by atoms with Gasteiger partial charge >= 0.3 is 6.03 Å². The number of carbonyl (C=O) groups excluding carboxylic acids is 1. The molecular weight excluding hydrogens is 292 g/mol. The number of hydrogen-bond acceptors (Lipinski definition) is 5. The Kier molecular flexibility index (Phi) is 4.09. The first-order valence-electron chi connectivity index (χ1n) is 7.13. The highest BCUT2D eigenvalue weighted by atomic mass is 16.2. The Bertz CT molecular complexity index is 795. The average Bonchev–Trinajstić information content (AvgIpc) is 3.04. The highest BCUT2D eigenvalue weighted by molar-refractivity contribution is 5.74. The molecule has 0 aliphatic heterocycles. The number of pyridine rings is 1. The molecular formula is C16H16N6O. The summed E-state index contributed by atoms with van der Waals surface area (Å²) in [6.07, 6.45) is 4.10. The summed E-state index contributed by atoms with van der Waals surface area (Å²) in [6, 6.07) is 11.7. The summed E-state index contributed by atoms with van der Waals surface area (Å²) < 4.78 is 0. The van der Waals surface area contributed by atoms with E-state index in [9.17, 15) is 4.79 Å². The van der Waals surface area contributed by atoms with Crippen LogP contribution in [0.4, 0.5) is 4.79 Å². The second-order valence-corrected chi connectivity index (χ2v) is 5.29. The van der Waals surface area contributed by atoms with E-state index in [4.69, 9.17) is 0 Å². The minimum atomic E-state index is -0.323. The standard InChI is InChI=1S/C16H16N6O/c1-21(2)16(23)22-19-15(18-20-22)10-12-5-7-13(8-6-12)14-4-3-9-17-11-14/h3-9,11H,10H2,1-2H3. The Labute approximate surface area is 133 Å². The van der Waals surface area contributed by atoms with Crippen LogP contribution in [-0.2, 0) is 6.42 Å². The second-order valence-electron chi connectivity index (χ2n) is 5.29. The van der Waals surface area contributed by atoms with Crippen molar-refractivity contribution >= 4 is 6.03 Å². The zero-order valence-electron chi connectivity index (χ0n) is 12.9. The fourth-order valence-electron chi connectivity index (χ4n) is 2.11. The van der Waals surface area contributed by atoms with Gasteiger partial charge in [-0.15, -0.1) is 10.2 Å². The number of rotatable bonds is 3. The summed E-state index contributed by atoms with van der Waals surface area (Å²) in [5.74, 6) is 0.509. The lowest BCUT2D eigenvalue weighted by Crippen LogP contribution is -2.29. The number of aromatic nitrogens is 5. The molecule has 0 spiro atoms. The van der Waals surface area contributed by atoms with Crippen molar-refractivity contribution < 1.29 is 4.79 Å². The first-order valence-corrected chi connectivity index (χ1v) is 7.13. The Morgan fingerprint density at radius 2 is 1.91 bits per heavy atom. The van der Waals surface area contributed by atoms with Crippen LogP contribution in [0.25, 0.3) is 11.1 Å². The van der Waals surface area contributed by atoms with Crippen LogP contribution in [0.3, 0.4) is 0 Å². The maximum absolute atomic E-state index is 11.7. The minimum absolute atomic E-state index is 0.323. The van der Waals surface area contributed by atoms with E-state index >= 15 is 0 Å². The SMILES string of the molecule is CN(C)C(=O)n1nnc(Cc2ccc(-c3cccnc3)cc2)n1. The maximum atomic E-state index is 11.7. The van der Waals surface area contributed by atoms with Gasteiger partial charge in [-0.05, 0) is 28.0 Å². The molecule has 0 fully saturated rings. The fourth-order valence-corrected chi connectivity index (χ4v) is 2.11. The molecule has 1 amide bonds. The predicted molar refractivity (Wildman–Crippen MR) is 84.8 cm³/mol. The van der Waals surface area contributed by atoms with Crippen molar-refractivity contribution in [1.29, 1.82) is 0 Å². The molecule has 23 heavy (non-hydrogen) atoms. The molecule has 0 aliphatic carbocycles. The molecule has 0 aliphatic rings. The summed E-state index contributed by atoms with van der Waals surface area (Å²) >= 11 is 0. The van der Waals surface area contributed by atoms with Crippen LogP contribution in [0.5, 0.6) is 0 Å². The van der Waals surface area contributed by atoms with Crippen molar-refractivity contribution in [3.63, 3.8) is 0 Å². The summed E-state index contributed by atoms with van der Waals surface area (Å²) in [5.41, 5.74) is 3.22. The van der Waals surface area contributed by atoms with Gasteiger partial charge in [-0.1, -0.05) is 35.1 Å². The zero-order chi connectivity index (χ0) is 16.2. The normalized spacial score (nSPS) is 10.5. The molecule has 7 heteroatoms. The Morgan fingerprint density at radius 3 is 2.57 bits per heavy atom. The van der Waals surface area contributed by atoms with E-state index < -0.39 is 0 Å². The van der Waals surface area contributed by atoms with E-state index in [1.54, 1.807) is 20.3 Å². The van der Waals surface area contributed by atoms with Crippen LogP contribution >= 0.6 is 0 Å². The smallest absolute Gasteiger partial charge is 0.328 e. The van der Waals surface area contributed by atoms with Crippen molar-refractivity contribution in [2.75, 3.05) is 14.1 Å². The van der Waals surface area contributed by atoms with Crippen molar-refractivity contribution in [1.82, 2.24) is 30.1 Å². The van der Waals surface area contributed by atoms with Crippen LogP contribution in [0.15, 0.2) is 48.8 Å². The Hall–Kier alpha value is -3.09. The van der Waals surface area contributed by atoms with Gasteiger partial charge in [0.05, 0.1) is 0 Å². The zero-order valence-corrected chi connectivity index (χ0v) is 12.9. The van der Waals surface area contributed by atoms with Gasteiger partial charge in [0.1, 0.15) is 0 Å². The second kappa shape index (κ2) is 6.35. The van der Waals surface area contributed by atoms with Crippen LogP contribution in [0.1, 0.15) is 11.4 Å². The molecule has 3 aromatic rings. The van der Waals surface area contributed by atoms with Crippen LogP contribution in [0.2, 0.25) is 0 Å². The molecule has 0 radical (unpaired) electrons. The van der Waals surface area contributed by atoms with Crippen molar-refractivity contribution in [2.24, 2.45) is 0 Å². The van der Waals surface area contributed by atoms with E-state index in [1.807, 2.05) is 42.6 Å². The summed E-state index contributed by atoms with van der Waals surface area (Å²) in [4.78, 5) is 18.2. The van der Waals surface area contributed by atoms with Crippen molar-refractivity contribution in [3.8, 4) is 11.1 Å². The van der Waals surface area contributed by atoms with Gasteiger partial charge in [0.25, 0.3) is 0 Å². The lowest BCUT2D eigenvalue weighted by molar-refractivity contribution is 0.211. The van der Waals surface area contributed by atoms with Gasteiger partial charge in [0, 0.05) is 32.9 Å². The minimum Gasteiger partial charge on any atom is -0.328 e. The Balaban J connectivity index is 1.73. The number of benzene rings is 1. The van der Waals surface area contributed by atoms with E-state index in [0.717, 1.165) is 21.5 Å². The van der Waals surface area contributed by atoms with Gasteiger partial charge in [-0.3, -0.25) is 4.98 Å². The average molecular weight is 308 g/mol. The van der Waals surface area contributed by atoms with E-state index in [1.165, 1.54) is 4.90 Å². The highest BCUT2D eigenvalue weighted by Gasteiger charge is 2.12. The molecule has 0 atom stereocenters. The molecule has 3 rings (SSSR count). The first kappa shape index (κ1) is 14.8. The summed E-state index contributed by atoms with van der Waals surface area (Å²) in [5, 5.41) is 11.8. The van der Waals surface area contributed by atoms with Gasteiger partial charge in [0.2, 0.25) is 0 Å². The largest absolute Gasteiger partial charge is 0.362 e. The van der Waals surface area contributed by atoms with E-state index in [0.29, 0.717) is 12.2 Å². The third-order valence-corrected chi connectivity index (χ3v) is 3.32. The third kappa shape index (κ3) is 3.39. The molecule has 0 unspecified atom stereocenters. The topological polar surface area (TPSA) is 76.8 Å². The molecule has 7 nitrogen and oxygen atoms in total. The van der Waals surface area contributed by atoms with Gasteiger partial charge in [-0.2, -0.15) is 0 Å². The molecule has 0 saturated heterocycles. The van der Waals surface area contributed by atoms with Crippen LogP contribution < -0.4 is 0 Å². The van der Waals surface area contributed by atoms with Gasteiger partial charge in [-0.25, -0.2) is 4.79 Å². The Morgan fingerprint density at radius 1 is 1.13 bits per heavy atom. The number of tetrazole rings is 1. The third-order valence-electron chi connectivity index (χ3n) is 3.32. The molecule has 116 valence electrons. The first-order chi connectivity index (χ1) is 11.1. The summed E-state index contributed by atoms with van der Waals surface area (Å²) in [7, 11) is 3.28. The van der Waals surface area contributed by atoms with E-state index in [2.05, 4.69) is 20.4 Å². The highest BCUT2D eigenvalue weighted by Crippen LogP contribution is 2.19. The lowest BCUT2D eigenvalue weighted by Gasteiger charge is -2.06. The fraction of sp³-hybridized carbons (Fsp3) is 0.188. The molecule has 2 heterocycles. The van der Waals surface area contributed by atoms with Crippen molar-refractivity contribution in [3.05, 3.63) is 60.2 Å².